The van der Waals surface area contributed by atoms with Crippen molar-refractivity contribution in [2.75, 3.05) is 0 Å². The first-order chi connectivity index (χ1) is 9.52. The van der Waals surface area contributed by atoms with E-state index in [0.717, 1.165) is 28.9 Å². The Morgan fingerprint density at radius 2 is 2.10 bits per heavy atom. The van der Waals surface area contributed by atoms with E-state index in [4.69, 9.17) is 0 Å². The molecule has 0 radical (unpaired) electrons. The van der Waals surface area contributed by atoms with Crippen LogP contribution in [0.3, 0.4) is 0 Å². The molecule has 0 unspecified atom stereocenters. The first-order valence-corrected chi connectivity index (χ1v) is 6.88. The number of amides is 1. The normalized spacial score (nSPS) is 12.2. The topological polar surface area (TPSA) is 46.9 Å². The molecule has 1 amide bonds. The van der Waals surface area contributed by atoms with Crippen molar-refractivity contribution in [2.45, 2.75) is 33.2 Å². The lowest BCUT2D eigenvalue weighted by Crippen LogP contribution is -2.29. The van der Waals surface area contributed by atoms with Crippen LogP contribution in [0.25, 0.3) is 0 Å². The molecule has 0 aliphatic carbocycles. The van der Waals surface area contributed by atoms with Crippen LogP contribution in [-0.2, 0) is 7.05 Å². The minimum absolute atomic E-state index is 0.0441. The van der Waals surface area contributed by atoms with Gasteiger partial charge in [-0.1, -0.05) is 13.0 Å². The van der Waals surface area contributed by atoms with Crippen LogP contribution in [0.2, 0.25) is 0 Å². The third-order valence-electron chi connectivity index (χ3n) is 3.63. The number of nitrogens with zero attached hydrogens (tertiary/aromatic N) is 2. The smallest absolute Gasteiger partial charge is 0.253 e. The molecule has 0 aliphatic rings. The van der Waals surface area contributed by atoms with E-state index in [-0.39, 0.29) is 11.9 Å². The number of nitrogens with one attached hydrogen (secondary N) is 1. The van der Waals surface area contributed by atoms with Gasteiger partial charge in [0.2, 0.25) is 0 Å². The number of pyridine rings is 1. The van der Waals surface area contributed by atoms with Crippen molar-refractivity contribution in [3.05, 3.63) is 53.1 Å². The second-order valence-electron chi connectivity index (χ2n) is 5.12. The molecule has 2 aromatic rings. The van der Waals surface area contributed by atoms with Crippen molar-refractivity contribution in [1.29, 1.82) is 0 Å². The number of aromatic nitrogens is 2. The van der Waals surface area contributed by atoms with Gasteiger partial charge in [-0.05, 0) is 38.0 Å². The molecule has 4 nitrogen and oxygen atoms in total. The zero-order chi connectivity index (χ0) is 14.7. The first kappa shape index (κ1) is 14.3. The number of carbonyl (C=O) groups excluding carboxylic acids is 1. The number of rotatable bonds is 4. The van der Waals surface area contributed by atoms with E-state index in [0.29, 0.717) is 0 Å². The fourth-order valence-electron chi connectivity index (χ4n) is 2.16. The Labute approximate surface area is 119 Å². The maximum absolute atomic E-state index is 12.3. The van der Waals surface area contributed by atoms with Crippen LogP contribution in [0.15, 0.2) is 30.6 Å². The third-order valence-corrected chi connectivity index (χ3v) is 3.63. The SMILES string of the molecule is CC[C@@H](NC(=O)c1ccn(C)c1C)c1ccc(C)cn1. The molecule has 4 heteroatoms. The number of hydrogen-bond acceptors (Lipinski definition) is 2. The summed E-state index contributed by atoms with van der Waals surface area (Å²) in [4.78, 5) is 16.7. The summed E-state index contributed by atoms with van der Waals surface area (Å²) in [6.07, 6.45) is 4.54. The molecule has 0 fully saturated rings. The van der Waals surface area contributed by atoms with Crippen LogP contribution in [0, 0.1) is 13.8 Å². The monoisotopic (exact) mass is 271 g/mol. The van der Waals surface area contributed by atoms with Crippen molar-refractivity contribution in [3.63, 3.8) is 0 Å². The average Bonchev–Trinajstić information content (AvgIpc) is 2.77. The molecule has 2 heterocycles. The standard InChI is InChI=1S/C16H21N3O/c1-5-14(15-7-6-11(2)10-17-15)18-16(20)13-8-9-19(4)12(13)3/h6-10,14H,5H2,1-4H3,(H,18,20)/t14-/m1/s1. The molecule has 2 aromatic heterocycles. The van der Waals surface area contributed by atoms with Gasteiger partial charge >= 0.3 is 0 Å². The maximum Gasteiger partial charge on any atom is 0.253 e. The molecule has 1 N–H and O–H groups in total. The lowest BCUT2D eigenvalue weighted by Gasteiger charge is -2.16. The van der Waals surface area contributed by atoms with Crippen molar-refractivity contribution < 1.29 is 4.79 Å². The van der Waals surface area contributed by atoms with Crippen molar-refractivity contribution in [1.82, 2.24) is 14.9 Å². The molecule has 0 saturated heterocycles. The summed E-state index contributed by atoms with van der Waals surface area (Å²) in [6.45, 7) is 5.99. The van der Waals surface area contributed by atoms with E-state index in [2.05, 4.69) is 10.3 Å². The highest BCUT2D eigenvalue weighted by Gasteiger charge is 2.17. The maximum atomic E-state index is 12.3. The quantitative estimate of drug-likeness (QED) is 0.929. The highest BCUT2D eigenvalue weighted by atomic mass is 16.1. The second-order valence-corrected chi connectivity index (χ2v) is 5.12. The van der Waals surface area contributed by atoms with Gasteiger partial charge < -0.3 is 9.88 Å². The lowest BCUT2D eigenvalue weighted by molar-refractivity contribution is 0.0934. The van der Waals surface area contributed by atoms with Gasteiger partial charge in [0.05, 0.1) is 17.3 Å². The van der Waals surface area contributed by atoms with Crippen molar-refractivity contribution in [2.24, 2.45) is 7.05 Å². The molecule has 2 rings (SSSR count). The lowest BCUT2D eigenvalue weighted by atomic mass is 10.1. The molecule has 20 heavy (non-hydrogen) atoms. The molecule has 0 spiro atoms. The van der Waals surface area contributed by atoms with Crippen LogP contribution in [0.4, 0.5) is 0 Å². The van der Waals surface area contributed by atoms with E-state index in [1.807, 2.05) is 63.0 Å². The van der Waals surface area contributed by atoms with E-state index >= 15 is 0 Å². The molecule has 1 atom stereocenters. The highest BCUT2D eigenvalue weighted by molar-refractivity contribution is 5.95. The fraction of sp³-hybridized carbons (Fsp3) is 0.375. The Hall–Kier alpha value is -2.10. The Bertz CT molecular complexity index is 599. The van der Waals surface area contributed by atoms with Gasteiger partial charge in [-0.2, -0.15) is 0 Å². The molecule has 0 aliphatic heterocycles. The predicted octanol–water partition coefficient (Wildman–Crippen LogP) is 2.92. The highest BCUT2D eigenvalue weighted by Crippen LogP contribution is 2.16. The van der Waals surface area contributed by atoms with Gasteiger partial charge in [-0.3, -0.25) is 9.78 Å². The molecule has 0 saturated carbocycles. The minimum Gasteiger partial charge on any atom is -0.354 e. The Morgan fingerprint density at radius 3 is 2.60 bits per heavy atom. The van der Waals surface area contributed by atoms with Gasteiger partial charge in [0.15, 0.2) is 0 Å². The molecule has 0 aromatic carbocycles. The summed E-state index contributed by atoms with van der Waals surface area (Å²) in [6, 6.07) is 5.79. The number of aryl methyl sites for hydroxylation is 2. The van der Waals surface area contributed by atoms with Gasteiger partial charge in [0.25, 0.3) is 5.91 Å². The van der Waals surface area contributed by atoms with Crippen LogP contribution >= 0.6 is 0 Å². The van der Waals surface area contributed by atoms with Crippen LogP contribution in [0.5, 0.6) is 0 Å². The summed E-state index contributed by atoms with van der Waals surface area (Å²) in [5.74, 6) is -0.0441. The van der Waals surface area contributed by atoms with Crippen LogP contribution in [-0.4, -0.2) is 15.5 Å². The minimum atomic E-state index is -0.0530. The Kier molecular flexibility index (Phi) is 4.23. The van der Waals surface area contributed by atoms with Crippen LogP contribution < -0.4 is 5.32 Å². The molecular weight excluding hydrogens is 250 g/mol. The molecule has 0 bridgehead atoms. The summed E-state index contributed by atoms with van der Waals surface area (Å²) in [5, 5.41) is 3.06. The summed E-state index contributed by atoms with van der Waals surface area (Å²) in [7, 11) is 1.94. The van der Waals surface area contributed by atoms with E-state index in [1.165, 1.54) is 0 Å². The molecular formula is C16H21N3O. The largest absolute Gasteiger partial charge is 0.354 e. The fourth-order valence-corrected chi connectivity index (χ4v) is 2.16. The van der Waals surface area contributed by atoms with Gasteiger partial charge in [0, 0.05) is 25.1 Å². The average molecular weight is 271 g/mol. The van der Waals surface area contributed by atoms with Gasteiger partial charge in [0.1, 0.15) is 0 Å². The van der Waals surface area contributed by atoms with Crippen molar-refractivity contribution in [3.8, 4) is 0 Å². The van der Waals surface area contributed by atoms with E-state index < -0.39 is 0 Å². The number of carbonyl (C=O) groups is 1. The summed E-state index contributed by atoms with van der Waals surface area (Å²) >= 11 is 0. The number of hydrogen-bond donors (Lipinski definition) is 1. The summed E-state index contributed by atoms with van der Waals surface area (Å²) < 4.78 is 1.94. The first-order valence-electron chi connectivity index (χ1n) is 6.88. The van der Waals surface area contributed by atoms with E-state index in [1.54, 1.807) is 0 Å². The predicted molar refractivity (Wildman–Crippen MR) is 79.6 cm³/mol. The van der Waals surface area contributed by atoms with Gasteiger partial charge in [-0.25, -0.2) is 0 Å². The Morgan fingerprint density at radius 1 is 1.35 bits per heavy atom. The zero-order valence-corrected chi connectivity index (χ0v) is 12.5. The summed E-state index contributed by atoms with van der Waals surface area (Å²) in [5.41, 5.74) is 3.71. The van der Waals surface area contributed by atoms with Crippen LogP contribution in [0.1, 0.15) is 46.7 Å². The van der Waals surface area contributed by atoms with E-state index in [9.17, 15) is 4.79 Å². The van der Waals surface area contributed by atoms with Gasteiger partial charge in [-0.15, -0.1) is 0 Å². The Balaban J connectivity index is 2.16. The van der Waals surface area contributed by atoms with Crippen molar-refractivity contribution >= 4 is 5.91 Å². The third kappa shape index (κ3) is 2.90. The molecule has 106 valence electrons. The zero-order valence-electron chi connectivity index (χ0n) is 12.5. The second kappa shape index (κ2) is 5.90.